The summed E-state index contributed by atoms with van der Waals surface area (Å²) in [6, 6.07) is 4.38. The van der Waals surface area contributed by atoms with Crippen LogP contribution in [-0.2, 0) is 14.3 Å². The second kappa shape index (κ2) is 9.36. The van der Waals surface area contributed by atoms with Gasteiger partial charge in [-0.1, -0.05) is 18.9 Å². The zero-order valence-corrected chi connectivity index (χ0v) is 15.3. The summed E-state index contributed by atoms with van der Waals surface area (Å²) in [6.07, 6.45) is 8.18. The summed E-state index contributed by atoms with van der Waals surface area (Å²) in [6.45, 7) is 0.696. The SMILES string of the molecule is O=C(NC1CCCC1)C1=C[C@@H](c2cccs2)C[C@@H](OCCCCO)O1. The van der Waals surface area contributed by atoms with Crippen LogP contribution in [0, 0.1) is 0 Å². The standard InChI is InChI=1S/C19H27NO4S/c21-9-3-4-10-23-18-13-14(17-8-5-11-25-17)12-16(24-18)19(22)20-15-6-1-2-7-15/h5,8,11-12,14-15,18,21H,1-4,6-7,9-10,13H2,(H,20,22)/t14-,18+/m1/s1. The molecule has 0 spiro atoms. The van der Waals surface area contributed by atoms with E-state index in [2.05, 4.69) is 11.4 Å². The molecule has 1 aliphatic carbocycles. The van der Waals surface area contributed by atoms with Crippen LogP contribution in [0.1, 0.15) is 55.7 Å². The molecule has 0 aromatic carbocycles. The number of thiophene rings is 1. The highest BCUT2D eigenvalue weighted by Crippen LogP contribution is 2.34. The first-order valence-electron chi connectivity index (χ1n) is 9.21. The Labute approximate surface area is 153 Å². The Hall–Kier alpha value is -1.37. The molecule has 2 atom stereocenters. The molecule has 0 bridgehead atoms. The summed E-state index contributed by atoms with van der Waals surface area (Å²) in [5.74, 6) is 0.391. The number of aliphatic hydroxyl groups is 1. The molecule has 0 unspecified atom stereocenters. The number of nitrogens with one attached hydrogen (secondary N) is 1. The second-order valence-corrected chi connectivity index (χ2v) is 7.67. The number of rotatable bonds is 8. The molecule has 0 radical (unpaired) electrons. The Morgan fingerprint density at radius 1 is 1.36 bits per heavy atom. The molecule has 1 fully saturated rings. The molecule has 25 heavy (non-hydrogen) atoms. The third-order valence-electron chi connectivity index (χ3n) is 4.74. The summed E-state index contributed by atoms with van der Waals surface area (Å²) in [7, 11) is 0. The zero-order chi connectivity index (χ0) is 17.5. The summed E-state index contributed by atoms with van der Waals surface area (Å²) in [5, 5.41) is 14.0. The van der Waals surface area contributed by atoms with E-state index in [4.69, 9.17) is 14.6 Å². The van der Waals surface area contributed by atoms with Gasteiger partial charge in [0.15, 0.2) is 5.76 Å². The van der Waals surface area contributed by atoms with E-state index in [1.165, 1.54) is 17.7 Å². The van der Waals surface area contributed by atoms with Crippen LogP contribution in [-0.4, -0.2) is 36.6 Å². The topological polar surface area (TPSA) is 67.8 Å². The summed E-state index contributed by atoms with van der Waals surface area (Å²) >= 11 is 1.69. The van der Waals surface area contributed by atoms with Gasteiger partial charge in [-0.2, -0.15) is 0 Å². The van der Waals surface area contributed by atoms with Crippen molar-refractivity contribution in [3.05, 3.63) is 34.2 Å². The van der Waals surface area contributed by atoms with Crippen molar-refractivity contribution in [1.29, 1.82) is 0 Å². The van der Waals surface area contributed by atoms with Crippen LogP contribution in [0.25, 0.3) is 0 Å². The number of ether oxygens (including phenoxy) is 2. The van der Waals surface area contributed by atoms with Crippen molar-refractivity contribution in [3.8, 4) is 0 Å². The number of carbonyl (C=O) groups excluding carboxylic acids is 1. The van der Waals surface area contributed by atoms with E-state index in [0.717, 1.165) is 19.3 Å². The number of allylic oxidation sites excluding steroid dienone is 1. The number of amides is 1. The van der Waals surface area contributed by atoms with E-state index < -0.39 is 6.29 Å². The van der Waals surface area contributed by atoms with E-state index in [9.17, 15) is 4.79 Å². The maximum absolute atomic E-state index is 12.6. The minimum atomic E-state index is -0.417. The number of aliphatic hydroxyl groups excluding tert-OH is 1. The Morgan fingerprint density at radius 3 is 2.92 bits per heavy atom. The van der Waals surface area contributed by atoms with E-state index in [1.54, 1.807) is 11.3 Å². The first kappa shape index (κ1) is 18.4. The third-order valence-corrected chi connectivity index (χ3v) is 5.74. The van der Waals surface area contributed by atoms with Crippen molar-refractivity contribution in [2.24, 2.45) is 0 Å². The fourth-order valence-electron chi connectivity index (χ4n) is 3.37. The molecule has 1 aromatic heterocycles. The van der Waals surface area contributed by atoms with Crippen molar-refractivity contribution >= 4 is 17.2 Å². The fourth-order valence-corrected chi connectivity index (χ4v) is 4.18. The number of hydrogen-bond donors (Lipinski definition) is 2. The van der Waals surface area contributed by atoms with Gasteiger partial charge in [0.2, 0.25) is 6.29 Å². The number of carbonyl (C=O) groups is 1. The summed E-state index contributed by atoms with van der Waals surface area (Å²) in [4.78, 5) is 13.8. The minimum absolute atomic E-state index is 0.128. The molecule has 2 N–H and O–H groups in total. The molecule has 1 aromatic rings. The van der Waals surface area contributed by atoms with Crippen LogP contribution in [0.3, 0.4) is 0 Å². The van der Waals surface area contributed by atoms with Gasteiger partial charge in [-0.3, -0.25) is 4.79 Å². The van der Waals surface area contributed by atoms with Gasteiger partial charge in [-0.15, -0.1) is 11.3 Å². The highest BCUT2D eigenvalue weighted by Gasteiger charge is 2.30. The van der Waals surface area contributed by atoms with Gasteiger partial charge in [-0.25, -0.2) is 0 Å². The average molecular weight is 365 g/mol. The van der Waals surface area contributed by atoms with Gasteiger partial charge in [0.1, 0.15) is 0 Å². The van der Waals surface area contributed by atoms with E-state index >= 15 is 0 Å². The lowest BCUT2D eigenvalue weighted by Gasteiger charge is -2.29. The van der Waals surface area contributed by atoms with Crippen molar-refractivity contribution in [2.75, 3.05) is 13.2 Å². The van der Waals surface area contributed by atoms with Crippen LogP contribution in [0.15, 0.2) is 29.3 Å². The van der Waals surface area contributed by atoms with Gasteiger partial charge >= 0.3 is 0 Å². The third kappa shape index (κ3) is 5.30. The molecular weight excluding hydrogens is 338 g/mol. The first-order chi connectivity index (χ1) is 12.3. The van der Waals surface area contributed by atoms with Crippen LogP contribution in [0.2, 0.25) is 0 Å². The molecule has 3 rings (SSSR count). The molecule has 0 saturated heterocycles. The lowest BCUT2D eigenvalue weighted by Crippen LogP contribution is -2.37. The van der Waals surface area contributed by atoms with Crippen molar-refractivity contribution in [3.63, 3.8) is 0 Å². The molecule has 2 heterocycles. The predicted molar refractivity (Wildman–Crippen MR) is 97.3 cm³/mol. The monoisotopic (exact) mass is 365 g/mol. The first-order valence-corrected chi connectivity index (χ1v) is 10.1. The predicted octanol–water partition coefficient (Wildman–Crippen LogP) is 3.31. The molecule has 1 saturated carbocycles. The molecule has 2 aliphatic rings. The van der Waals surface area contributed by atoms with Gasteiger partial charge in [0, 0.05) is 29.9 Å². The average Bonchev–Trinajstić information content (AvgIpc) is 3.32. The largest absolute Gasteiger partial charge is 0.459 e. The Balaban J connectivity index is 1.64. The summed E-state index contributed by atoms with van der Waals surface area (Å²) in [5.41, 5.74) is 0. The summed E-state index contributed by atoms with van der Waals surface area (Å²) < 4.78 is 11.7. The molecular formula is C19H27NO4S. The smallest absolute Gasteiger partial charge is 0.286 e. The Bertz CT molecular complexity index is 566. The zero-order valence-electron chi connectivity index (χ0n) is 14.5. The van der Waals surface area contributed by atoms with Gasteiger partial charge in [0.25, 0.3) is 5.91 Å². The highest BCUT2D eigenvalue weighted by atomic mass is 32.1. The van der Waals surface area contributed by atoms with Gasteiger partial charge in [0.05, 0.1) is 6.61 Å². The fraction of sp³-hybridized carbons (Fsp3) is 0.632. The molecule has 1 aliphatic heterocycles. The maximum Gasteiger partial charge on any atom is 0.286 e. The van der Waals surface area contributed by atoms with Crippen molar-refractivity contribution in [1.82, 2.24) is 5.32 Å². The quantitative estimate of drug-likeness (QED) is 0.694. The second-order valence-electron chi connectivity index (χ2n) is 6.69. The molecule has 5 nitrogen and oxygen atoms in total. The van der Waals surface area contributed by atoms with Gasteiger partial charge in [-0.05, 0) is 43.2 Å². The van der Waals surface area contributed by atoms with Crippen LogP contribution in [0.4, 0.5) is 0 Å². The Kier molecular flexibility index (Phi) is 6.90. The molecule has 6 heteroatoms. The lowest BCUT2D eigenvalue weighted by molar-refractivity contribution is -0.146. The van der Waals surface area contributed by atoms with Crippen molar-refractivity contribution in [2.45, 2.75) is 63.2 Å². The number of hydrogen-bond acceptors (Lipinski definition) is 5. The van der Waals surface area contributed by atoms with Crippen molar-refractivity contribution < 1.29 is 19.4 Å². The maximum atomic E-state index is 12.6. The highest BCUT2D eigenvalue weighted by molar-refractivity contribution is 7.10. The van der Waals surface area contributed by atoms with E-state index in [-0.39, 0.29) is 24.5 Å². The number of unbranched alkanes of at least 4 members (excludes halogenated alkanes) is 1. The van der Waals surface area contributed by atoms with Crippen LogP contribution >= 0.6 is 11.3 Å². The minimum Gasteiger partial charge on any atom is -0.459 e. The van der Waals surface area contributed by atoms with E-state index in [0.29, 0.717) is 25.2 Å². The molecule has 1 amide bonds. The Morgan fingerprint density at radius 2 is 2.20 bits per heavy atom. The normalized spacial score (nSPS) is 24.0. The van der Waals surface area contributed by atoms with Gasteiger partial charge < -0.3 is 19.9 Å². The molecule has 138 valence electrons. The lowest BCUT2D eigenvalue weighted by atomic mass is 9.99. The van der Waals surface area contributed by atoms with E-state index in [1.807, 2.05) is 17.5 Å². The van der Waals surface area contributed by atoms with Crippen LogP contribution in [0.5, 0.6) is 0 Å². The van der Waals surface area contributed by atoms with Crippen LogP contribution < -0.4 is 5.32 Å².